The largest absolute Gasteiger partial charge is 0.305 e. The average molecular weight is 773 g/mol. The number of aromatic nitrogens is 2. The number of pyridine rings is 2. The van der Waals surface area contributed by atoms with E-state index in [1.54, 1.807) is 23.6 Å². The van der Waals surface area contributed by atoms with Crippen molar-refractivity contribution in [2.75, 3.05) is 0 Å². The number of halogens is 1. The van der Waals surface area contributed by atoms with Gasteiger partial charge in [0.2, 0.25) is 0 Å². The molecular formula is C37H29FIrN2SSi-2. The van der Waals surface area contributed by atoms with E-state index in [-0.39, 0.29) is 25.9 Å². The van der Waals surface area contributed by atoms with Crippen LogP contribution in [-0.2, 0) is 20.1 Å². The fraction of sp³-hybridized carbons (Fsp3) is 0.0811. The SMILES string of the molecule is C[Si](C)(C)c1ccc(-c2[c-]cccc2)nc1.Fc1ccccc1-c1ccc2c(c1)sc1[c-]c(-c3ccccn3)ccc12.[Ir]. The van der Waals surface area contributed by atoms with Crippen LogP contribution in [0.4, 0.5) is 4.39 Å². The van der Waals surface area contributed by atoms with Crippen molar-refractivity contribution in [1.29, 1.82) is 0 Å². The summed E-state index contributed by atoms with van der Waals surface area (Å²) in [5, 5.41) is 3.74. The zero-order valence-corrected chi connectivity index (χ0v) is 28.3. The monoisotopic (exact) mass is 773 g/mol. The molecule has 1 radical (unpaired) electrons. The van der Waals surface area contributed by atoms with Crippen LogP contribution in [-0.4, -0.2) is 18.0 Å². The Hall–Kier alpha value is -3.80. The molecule has 215 valence electrons. The van der Waals surface area contributed by atoms with Crippen molar-refractivity contribution in [3.63, 3.8) is 0 Å². The molecule has 2 nitrogen and oxygen atoms in total. The van der Waals surface area contributed by atoms with E-state index in [0.717, 1.165) is 37.5 Å². The van der Waals surface area contributed by atoms with E-state index in [4.69, 9.17) is 0 Å². The van der Waals surface area contributed by atoms with Gasteiger partial charge in [0, 0.05) is 42.8 Å². The van der Waals surface area contributed by atoms with Crippen LogP contribution in [0.1, 0.15) is 0 Å². The number of rotatable bonds is 4. The molecule has 3 aromatic heterocycles. The zero-order valence-electron chi connectivity index (χ0n) is 24.1. The maximum atomic E-state index is 14.1. The van der Waals surface area contributed by atoms with Crippen LogP contribution in [0.25, 0.3) is 53.8 Å². The Morgan fingerprint density at radius 1 is 0.721 bits per heavy atom. The van der Waals surface area contributed by atoms with Gasteiger partial charge >= 0.3 is 0 Å². The molecule has 4 aromatic carbocycles. The summed E-state index contributed by atoms with van der Waals surface area (Å²) in [6.45, 7) is 7.00. The normalized spacial score (nSPS) is 11.1. The smallest absolute Gasteiger partial charge is 0.131 e. The second kappa shape index (κ2) is 13.2. The Labute approximate surface area is 270 Å². The minimum Gasteiger partial charge on any atom is -0.305 e. The van der Waals surface area contributed by atoms with E-state index in [1.165, 1.54) is 22.0 Å². The minimum atomic E-state index is -1.23. The Morgan fingerprint density at radius 3 is 2.19 bits per heavy atom. The molecule has 0 aliphatic heterocycles. The van der Waals surface area contributed by atoms with Gasteiger partial charge in [0.1, 0.15) is 5.82 Å². The average Bonchev–Trinajstić information content (AvgIpc) is 3.39. The van der Waals surface area contributed by atoms with Gasteiger partial charge in [0.25, 0.3) is 0 Å². The van der Waals surface area contributed by atoms with Gasteiger partial charge in [0.05, 0.1) is 8.07 Å². The van der Waals surface area contributed by atoms with Crippen molar-refractivity contribution in [1.82, 2.24) is 9.97 Å². The van der Waals surface area contributed by atoms with Crippen LogP contribution in [0.5, 0.6) is 0 Å². The van der Waals surface area contributed by atoms with Crippen molar-refractivity contribution >= 4 is 44.8 Å². The Balaban J connectivity index is 0.000000188. The molecule has 0 amide bonds. The number of benzene rings is 4. The van der Waals surface area contributed by atoms with Gasteiger partial charge in [0.15, 0.2) is 0 Å². The Kier molecular flexibility index (Phi) is 9.43. The van der Waals surface area contributed by atoms with Crippen LogP contribution >= 0.6 is 11.3 Å². The summed E-state index contributed by atoms with van der Waals surface area (Å²) in [5.74, 6) is -0.197. The van der Waals surface area contributed by atoms with Gasteiger partial charge < -0.3 is 9.97 Å². The third-order valence-electron chi connectivity index (χ3n) is 7.13. The molecule has 0 N–H and O–H groups in total. The number of hydrogen-bond donors (Lipinski definition) is 0. The Bertz CT molecular complexity index is 1970. The van der Waals surface area contributed by atoms with E-state index in [1.807, 2.05) is 66.9 Å². The summed E-state index contributed by atoms with van der Waals surface area (Å²) >= 11 is 1.68. The van der Waals surface area contributed by atoms with E-state index in [2.05, 4.69) is 78.1 Å². The van der Waals surface area contributed by atoms with Crippen molar-refractivity contribution < 1.29 is 24.5 Å². The molecule has 0 aliphatic carbocycles. The van der Waals surface area contributed by atoms with Crippen LogP contribution in [0, 0.1) is 17.9 Å². The molecule has 3 heterocycles. The molecule has 0 atom stereocenters. The molecular weight excluding hydrogens is 744 g/mol. The first-order valence-electron chi connectivity index (χ1n) is 13.9. The van der Waals surface area contributed by atoms with Crippen LogP contribution < -0.4 is 5.19 Å². The van der Waals surface area contributed by atoms with E-state index in [0.29, 0.717) is 5.56 Å². The van der Waals surface area contributed by atoms with Crippen molar-refractivity contribution in [2.24, 2.45) is 0 Å². The van der Waals surface area contributed by atoms with E-state index in [9.17, 15) is 4.39 Å². The number of thiophene rings is 1. The van der Waals surface area contributed by atoms with E-state index < -0.39 is 8.07 Å². The number of hydrogen-bond acceptors (Lipinski definition) is 3. The molecule has 0 unspecified atom stereocenters. The maximum Gasteiger partial charge on any atom is 0.131 e. The summed E-state index contributed by atoms with van der Waals surface area (Å²) < 4.78 is 16.3. The maximum absolute atomic E-state index is 14.1. The van der Waals surface area contributed by atoms with Crippen LogP contribution in [0.2, 0.25) is 19.6 Å². The standard InChI is InChI=1S/C23H13FNS.C14H16NSi.Ir/c24-20-6-2-1-5-17(20)15-8-10-18-19-11-9-16(21-7-3-4-12-25-21)14-23(19)26-22(18)13-15;1-16(2,3)13-9-10-14(15-11-13)12-7-5-4-6-8-12;/h1-13H;4-7,9-11H,1-3H3;/q2*-1;. The first kappa shape index (κ1) is 30.6. The molecule has 7 rings (SSSR count). The molecule has 0 saturated heterocycles. The topological polar surface area (TPSA) is 25.8 Å². The molecule has 43 heavy (non-hydrogen) atoms. The molecule has 0 spiro atoms. The third kappa shape index (κ3) is 6.89. The Morgan fingerprint density at radius 2 is 1.49 bits per heavy atom. The number of fused-ring (bicyclic) bond motifs is 3. The van der Waals surface area contributed by atoms with Crippen LogP contribution in [0.15, 0.2) is 122 Å². The zero-order chi connectivity index (χ0) is 29.1. The van der Waals surface area contributed by atoms with E-state index >= 15 is 0 Å². The van der Waals surface area contributed by atoms with Gasteiger partial charge in [-0.15, -0.1) is 59.7 Å². The molecule has 0 fully saturated rings. The van der Waals surface area contributed by atoms with Crippen molar-refractivity contribution in [2.45, 2.75) is 19.6 Å². The fourth-order valence-corrected chi connectivity index (χ4v) is 6.97. The fourth-order valence-electron chi connectivity index (χ4n) is 4.79. The predicted octanol–water partition coefficient (Wildman–Crippen LogP) is 9.81. The summed E-state index contributed by atoms with van der Waals surface area (Å²) in [5.41, 5.74) is 5.49. The van der Waals surface area contributed by atoms with Crippen molar-refractivity contribution in [3.8, 4) is 33.6 Å². The minimum absolute atomic E-state index is 0. The molecule has 7 aromatic rings. The summed E-state index contributed by atoms with van der Waals surface area (Å²) in [7, 11) is -1.23. The molecule has 0 aliphatic rings. The second-order valence-electron chi connectivity index (χ2n) is 11.1. The first-order valence-corrected chi connectivity index (χ1v) is 18.2. The summed E-state index contributed by atoms with van der Waals surface area (Å²) in [4.78, 5) is 8.92. The third-order valence-corrected chi connectivity index (χ3v) is 10.2. The molecule has 6 heteroatoms. The number of nitrogens with zero attached hydrogens (tertiary/aromatic N) is 2. The molecule has 0 bridgehead atoms. The van der Waals surface area contributed by atoms with Gasteiger partial charge in [-0.05, 0) is 50.4 Å². The first-order chi connectivity index (χ1) is 20.4. The summed E-state index contributed by atoms with van der Waals surface area (Å²) in [6, 6.07) is 42.0. The van der Waals surface area contributed by atoms with Gasteiger partial charge in [-0.25, -0.2) is 4.39 Å². The van der Waals surface area contributed by atoms with Gasteiger partial charge in [-0.1, -0.05) is 79.6 Å². The van der Waals surface area contributed by atoms with Crippen LogP contribution in [0.3, 0.4) is 0 Å². The van der Waals surface area contributed by atoms with Gasteiger partial charge in [-0.2, -0.15) is 11.3 Å². The van der Waals surface area contributed by atoms with Crippen molar-refractivity contribution in [3.05, 3.63) is 140 Å². The second-order valence-corrected chi connectivity index (χ2v) is 17.2. The quantitative estimate of drug-likeness (QED) is 0.132. The van der Waals surface area contributed by atoms with Gasteiger partial charge in [-0.3, -0.25) is 0 Å². The predicted molar refractivity (Wildman–Crippen MR) is 178 cm³/mol. The summed E-state index contributed by atoms with van der Waals surface area (Å²) in [6.07, 6.45) is 3.81. The molecule has 0 saturated carbocycles.